The van der Waals surface area contributed by atoms with Gasteiger partial charge in [0.2, 0.25) is 5.91 Å². The minimum Gasteiger partial charge on any atom is -0.355 e. The molecule has 0 radical (unpaired) electrons. The van der Waals surface area contributed by atoms with E-state index in [2.05, 4.69) is 45.4 Å². The van der Waals surface area contributed by atoms with E-state index >= 15 is 0 Å². The molecule has 1 atom stereocenters. The second-order valence-electron chi connectivity index (χ2n) is 6.13. The number of carbonyl (C=O) groups is 1. The molecule has 8 heteroatoms. The van der Waals surface area contributed by atoms with Gasteiger partial charge in [0.25, 0.3) is 0 Å². The number of nitrogens with zero attached hydrogens (tertiary/aromatic N) is 2. The van der Waals surface area contributed by atoms with Gasteiger partial charge in [-0.25, -0.2) is 0 Å². The molecule has 1 aromatic carbocycles. The van der Waals surface area contributed by atoms with Crippen molar-refractivity contribution >= 4 is 43.1 Å². The molecule has 1 aliphatic rings. The third-order valence-corrected chi connectivity index (χ3v) is 3.97. The van der Waals surface area contributed by atoms with Crippen molar-refractivity contribution < 1.29 is 4.79 Å². The Morgan fingerprint density at radius 2 is 1.64 bits per heavy atom. The molecule has 25 heavy (non-hydrogen) atoms. The second kappa shape index (κ2) is 14.6. The van der Waals surface area contributed by atoms with Crippen molar-refractivity contribution in [3.63, 3.8) is 0 Å². The fourth-order valence-corrected chi connectivity index (χ4v) is 2.73. The topological polar surface area (TPSA) is 61.6 Å². The Bertz CT molecular complexity index is 454. The SMILES string of the molecule is CC(N)CC(=O)NCCN1CCN(Cc2ccccc2)CC1.Cl.Cl.Cl. The summed E-state index contributed by atoms with van der Waals surface area (Å²) in [6.45, 7) is 8.82. The lowest BCUT2D eigenvalue weighted by molar-refractivity contribution is -0.121. The average Bonchev–Trinajstić information content (AvgIpc) is 2.49. The molecule has 1 fully saturated rings. The predicted molar refractivity (Wildman–Crippen MR) is 111 cm³/mol. The van der Waals surface area contributed by atoms with Crippen molar-refractivity contribution in [1.82, 2.24) is 15.1 Å². The Morgan fingerprint density at radius 1 is 1.08 bits per heavy atom. The minimum absolute atomic E-state index is 0. The summed E-state index contributed by atoms with van der Waals surface area (Å²) in [6.07, 6.45) is 0.408. The predicted octanol–water partition coefficient (Wildman–Crippen LogP) is 1.92. The van der Waals surface area contributed by atoms with Crippen molar-refractivity contribution in [3.8, 4) is 0 Å². The Morgan fingerprint density at radius 3 is 2.20 bits per heavy atom. The summed E-state index contributed by atoms with van der Waals surface area (Å²) in [5.74, 6) is 0.0534. The molecule has 0 spiro atoms. The third kappa shape index (κ3) is 10.9. The standard InChI is InChI=1S/C17H28N4O.3ClH/c1-15(18)13-17(22)19-7-8-20-9-11-21(12-10-20)14-16-5-3-2-4-6-16;;;/h2-6,15H,7-14,18H2,1H3,(H,19,22);3*1H. The molecule has 0 bridgehead atoms. The van der Waals surface area contributed by atoms with Gasteiger partial charge < -0.3 is 11.1 Å². The first kappa shape index (κ1) is 26.7. The molecule has 1 unspecified atom stereocenters. The van der Waals surface area contributed by atoms with E-state index in [4.69, 9.17) is 5.73 Å². The van der Waals surface area contributed by atoms with Gasteiger partial charge >= 0.3 is 0 Å². The van der Waals surface area contributed by atoms with Gasteiger partial charge in [-0.1, -0.05) is 30.3 Å². The van der Waals surface area contributed by atoms with Crippen LogP contribution in [0, 0.1) is 0 Å². The normalized spacial score (nSPS) is 15.9. The highest BCUT2D eigenvalue weighted by atomic mass is 35.5. The zero-order chi connectivity index (χ0) is 15.8. The lowest BCUT2D eigenvalue weighted by atomic mass is 10.2. The Labute approximate surface area is 169 Å². The molecule has 1 amide bonds. The van der Waals surface area contributed by atoms with Gasteiger partial charge in [-0.3, -0.25) is 14.6 Å². The molecule has 0 aromatic heterocycles. The molecule has 3 N–H and O–H groups in total. The summed E-state index contributed by atoms with van der Waals surface area (Å²) in [6, 6.07) is 10.5. The summed E-state index contributed by atoms with van der Waals surface area (Å²) in [7, 11) is 0. The highest BCUT2D eigenvalue weighted by Gasteiger charge is 2.16. The Kier molecular flexibility index (Phi) is 15.6. The molecule has 0 saturated carbocycles. The number of hydrogen-bond acceptors (Lipinski definition) is 4. The number of benzene rings is 1. The van der Waals surface area contributed by atoms with E-state index in [-0.39, 0.29) is 49.2 Å². The molecule has 0 aliphatic carbocycles. The maximum Gasteiger partial charge on any atom is 0.221 e. The zero-order valence-corrected chi connectivity index (χ0v) is 17.2. The van der Waals surface area contributed by atoms with Crippen LogP contribution in [0.15, 0.2) is 30.3 Å². The third-order valence-electron chi connectivity index (χ3n) is 3.97. The van der Waals surface area contributed by atoms with Crippen LogP contribution in [0.4, 0.5) is 0 Å². The molecule has 1 aromatic rings. The van der Waals surface area contributed by atoms with E-state index in [0.717, 1.165) is 39.3 Å². The average molecular weight is 414 g/mol. The van der Waals surface area contributed by atoms with Crippen LogP contribution in [0.1, 0.15) is 18.9 Å². The highest BCUT2D eigenvalue weighted by molar-refractivity contribution is 5.86. The first-order valence-electron chi connectivity index (χ1n) is 8.14. The van der Waals surface area contributed by atoms with Crippen LogP contribution in [0.2, 0.25) is 0 Å². The van der Waals surface area contributed by atoms with Gasteiger partial charge in [0, 0.05) is 58.3 Å². The van der Waals surface area contributed by atoms with E-state index < -0.39 is 0 Å². The van der Waals surface area contributed by atoms with Gasteiger partial charge in [-0.05, 0) is 12.5 Å². The summed E-state index contributed by atoms with van der Waals surface area (Å²) in [5.41, 5.74) is 6.98. The van der Waals surface area contributed by atoms with Crippen molar-refractivity contribution in [2.75, 3.05) is 39.3 Å². The van der Waals surface area contributed by atoms with E-state index in [1.165, 1.54) is 5.56 Å². The summed E-state index contributed by atoms with van der Waals surface area (Å²) in [4.78, 5) is 16.4. The maximum absolute atomic E-state index is 11.5. The molecule has 146 valence electrons. The minimum atomic E-state index is -0.0680. The lowest BCUT2D eigenvalue weighted by Gasteiger charge is -2.34. The number of carbonyl (C=O) groups excluding carboxylic acids is 1. The van der Waals surface area contributed by atoms with E-state index in [9.17, 15) is 4.79 Å². The monoisotopic (exact) mass is 412 g/mol. The number of nitrogens with one attached hydrogen (secondary N) is 1. The molecule has 1 saturated heterocycles. The number of piperazine rings is 1. The number of amides is 1. The zero-order valence-electron chi connectivity index (χ0n) is 14.7. The van der Waals surface area contributed by atoms with Gasteiger partial charge in [0.05, 0.1) is 0 Å². The van der Waals surface area contributed by atoms with Crippen molar-refractivity contribution in [1.29, 1.82) is 0 Å². The second-order valence-corrected chi connectivity index (χ2v) is 6.13. The van der Waals surface area contributed by atoms with Crippen LogP contribution in [-0.2, 0) is 11.3 Å². The lowest BCUT2D eigenvalue weighted by Crippen LogP contribution is -2.48. The van der Waals surface area contributed by atoms with E-state index in [1.54, 1.807) is 0 Å². The smallest absolute Gasteiger partial charge is 0.221 e. The van der Waals surface area contributed by atoms with Crippen LogP contribution < -0.4 is 11.1 Å². The van der Waals surface area contributed by atoms with Gasteiger partial charge in [-0.15, -0.1) is 37.2 Å². The van der Waals surface area contributed by atoms with Crippen LogP contribution >= 0.6 is 37.2 Å². The summed E-state index contributed by atoms with van der Waals surface area (Å²) >= 11 is 0. The van der Waals surface area contributed by atoms with Crippen LogP contribution in [0.5, 0.6) is 0 Å². The highest BCUT2D eigenvalue weighted by Crippen LogP contribution is 2.07. The number of nitrogens with two attached hydrogens (primary N) is 1. The maximum atomic E-state index is 11.5. The molecule has 1 heterocycles. The fraction of sp³-hybridized carbons (Fsp3) is 0.588. The molecule has 5 nitrogen and oxygen atoms in total. The van der Waals surface area contributed by atoms with E-state index in [1.807, 2.05) is 6.92 Å². The summed E-state index contributed by atoms with van der Waals surface area (Å²) in [5, 5.41) is 2.94. The molecular formula is C17H31Cl3N4O. The van der Waals surface area contributed by atoms with Gasteiger partial charge in [0.15, 0.2) is 0 Å². The first-order valence-corrected chi connectivity index (χ1v) is 8.14. The molecule has 1 aliphatic heterocycles. The van der Waals surface area contributed by atoms with Gasteiger partial charge in [-0.2, -0.15) is 0 Å². The van der Waals surface area contributed by atoms with Crippen molar-refractivity contribution in [3.05, 3.63) is 35.9 Å². The largest absolute Gasteiger partial charge is 0.355 e. The number of halogens is 3. The number of rotatable bonds is 7. The Hall–Kier alpha value is -0.560. The van der Waals surface area contributed by atoms with E-state index in [0.29, 0.717) is 13.0 Å². The van der Waals surface area contributed by atoms with Crippen molar-refractivity contribution in [2.45, 2.75) is 25.9 Å². The van der Waals surface area contributed by atoms with Crippen molar-refractivity contribution in [2.24, 2.45) is 5.73 Å². The molecule has 2 rings (SSSR count). The van der Waals surface area contributed by atoms with Crippen LogP contribution in [0.25, 0.3) is 0 Å². The number of hydrogen-bond donors (Lipinski definition) is 2. The van der Waals surface area contributed by atoms with Gasteiger partial charge in [0.1, 0.15) is 0 Å². The summed E-state index contributed by atoms with van der Waals surface area (Å²) < 4.78 is 0. The fourth-order valence-electron chi connectivity index (χ4n) is 2.73. The quantitative estimate of drug-likeness (QED) is 0.717. The molecular weight excluding hydrogens is 383 g/mol. The van der Waals surface area contributed by atoms with Crippen LogP contribution in [-0.4, -0.2) is 61.0 Å². The first-order chi connectivity index (χ1) is 10.6. The Balaban J connectivity index is 0. The van der Waals surface area contributed by atoms with Crippen LogP contribution in [0.3, 0.4) is 0 Å².